The quantitative estimate of drug-likeness (QED) is 0.904. The standard InChI is InChI=1S/C12H10BrClN2O/c1-7-4-12(16-6-10(7)15)17-11-3-2-8(13)5-9(11)14/h2-6H,15H2,1H3. The van der Waals surface area contributed by atoms with Crippen LogP contribution in [0.3, 0.4) is 0 Å². The lowest BCUT2D eigenvalue weighted by Gasteiger charge is -2.08. The highest BCUT2D eigenvalue weighted by Gasteiger charge is 2.05. The number of nitrogens with two attached hydrogens (primary N) is 1. The van der Waals surface area contributed by atoms with E-state index in [0.717, 1.165) is 10.0 Å². The zero-order valence-corrected chi connectivity index (χ0v) is 11.4. The number of nitrogens with zero attached hydrogens (tertiary/aromatic N) is 1. The van der Waals surface area contributed by atoms with Gasteiger partial charge in [-0.25, -0.2) is 4.98 Å². The lowest BCUT2D eigenvalue weighted by atomic mass is 10.2. The summed E-state index contributed by atoms with van der Waals surface area (Å²) in [5.41, 5.74) is 7.24. The van der Waals surface area contributed by atoms with E-state index in [1.807, 2.05) is 13.0 Å². The van der Waals surface area contributed by atoms with Crippen LogP contribution in [0.1, 0.15) is 5.56 Å². The Morgan fingerprint density at radius 2 is 2.12 bits per heavy atom. The Kier molecular flexibility index (Phi) is 3.54. The summed E-state index contributed by atoms with van der Waals surface area (Å²) in [5.74, 6) is 1.03. The number of benzene rings is 1. The van der Waals surface area contributed by atoms with Crippen LogP contribution in [0, 0.1) is 6.92 Å². The highest BCUT2D eigenvalue weighted by Crippen LogP contribution is 2.31. The first kappa shape index (κ1) is 12.2. The molecule has 0 saturated heterocycles. The minimum atomic E-state index is 0.473. The van der Waals surface area contributed by atoms with Gasteiger partial charge in [-0.15, -0.1) is 0 Å². The Hall–Kier alpha value is -1.26. The van der Waals surface area contributed by atoms with Crippen molar-refractivity contribution in [1.29, 1.82) is 0 Å². The topological polar surface area (TPSA) is 48.1 Å². The number of anilines is 1. The van der Waals surface area contributed by atoms with Gasteiger partial charge in [0, 0.05) is 10.5 Å². The summed E-state index contributed by atoms with van der Waals surface area (Å²) in [7, 11) is 0. The number of hydrogen-bond donors (Lipinski definition) is 1. The largest absolute Gasteiger partial charge is 0.437 e. The molecule has 0 amide bonds. The molecule has 2 N–H and O–H groups in total. The molecule has 2 rings (SSSR count). The van der Waals surface area contributed by atoms with Crippen molar-refractivity contribution in [2.45, 2.75) is 6.92 Å². The van der Waals surface area contributed by atoms with Gasteiger partial charge in [-0.2, -0.15) is 0 Å². The van der Waals surface area contributed by atoms with Crippen LogP contribution in [-0.2, 0) is 0 Å². The number of aryl methyl sites for hydroxylation is 1. The van der Waals surface area contributed by atoms with Gasteiger partial charge in [-0.3, -0.25) is 0 Å². The maximum atomic E-state index is 6.04. The van der Waals surface area contributed by atoms with Gasteiger partial charge in [0.2, 0.25) is 5.88 Å². The molecule has 0 saturated carbocycles. The number of hydrogen-bond acceptors (Lipinski definition) is 3. The Labute approximate surface area is 113 Å². The van der Waals surface area contributed by atoms with Crippen molar-refractivity contribution in [3.05, 3.63) is 45.5 Å². The molecule has 3 nitrogen and oxygen atoms in total. The summed E-state index contributed by atoms with van der Waals surface area (Å²) in [5, 5.41) is 0.524. The van der Waals surface area contributed by atoms with Crippen molar-refractivity contribution in [3.8, 4) is 11.6 Å². The summed E-state index contributed by atoms with van der Waals surface area (Å²) in [4.78, 5) is 4.08. The number of nitrogen functional groups attached to an aromatic ring is 1. The molecule has 0 spiro atoms. The van der Waals surface area contributed by atoms with E-state index in [9.17, 15) is 0 Å². The summed E-state index contributed by atoms with van der Waals surface area (Å²) in [6.07, 6.45) is 1.57. The monoisotopic (exact) mass is 312 g/mol. The molecule has 2 aromatic rings. The van der Waals surface area contributed by atoms with Crippen LogP contribution in [0.15, 0.2) is 34.9 Å². The summed E-state index contributed by atoms with van der Waals surface area (Å²) < 4.78 is 6.48. The van der Waals surface area contributed by atoms with Crippen LogP contribution in [0.25, 0.3) is 0 Å². The Morgan fingerprint density at radius 3 is 2.76 bits per heavy atom. The second-order valence-corrected chi connectivity index (χ2v) is 4.88. The van der Waals surface area contributed by atoms with Crippen molar-refractivity contribution >= 4 is 33.2 Å². The van der Waals surface area contributed by atoms with Crippen LogP contribution in [0.5, 0.6) is 11.6 Å². The average molecular weight is 314 g/mol. The van der Waals surface area contributed by atoms with Gasteiger partial charge in [0.05, 0.1) is 16.9 Å². The number of halogens is 2. The Morgan fingerprint density at radius 1 is 1.35 bits per heavy atom. The summed E-state index contributed by atoms with van der Waals surface area (Å²) in [6.45, 7) is 1.90. The van der Waals surface area contributed by atoms with Crippen molar-refractivity contribution < 1.29 is 4.74 Å². The van der Waals surface area contributed by atoms with Crippen LogP contribution in [0.2, 0.25) is 5.02 Å². The van der Waals surface area contributed by atoms with Gasteiger partial charge in [0.1, 0.15) is 5.75 Å². The zero-order chi connectivity index (χ0) is 12.4. The van der Waals surface area contributed by atoms with E-state index in [0.29, 0.717) is 22.3 Å². The molecule has 1 aromatic heterocycles. The number of rotatable bonds is 2. The SMILES string of the molecule is Cc1cc(Oc2ccc(Br)cc2Cl)ncc1N. The Bertz CT molecular complexity index is 560. The lowest BCUT2D eigenvalue weighted by molar-refractivity contribution is 0.463. The average Bonchev–Trinajstić information content (AvgIpc) is 2.27. The number of aromatic nitrogens is 1. The minimum absolute atomic E-state index is 0.473. The molecule has 0 aliphatic heterocycles. The minimum Gasteiger partial charge on any atom is -0.437 e. The fourth-order valence-corrected chi connectivity index (χ4v) is 1.98. The molecule has 88 valence electrons. The van der Waals surface area contributed by atoms with E-state index in [1.165, 1.54) is 0 Å². The van der Waals surface area contributed by atoms with E-state index < -0.39 is 0 Å². The molecule has 17 heavy (non-hydrogen) atoms. The van der Waals surface area contributed by atoms with Gasteiger partial charge in [-0.05, 0) is 30.7 Å². The lowest BCUT2D eigenvalue weighted by Crippen LogP contribution is -1.94. The molecular weight excluding hydrogens is 304 g/mol. The molecule has 5 heteroatoms. The van der Waals surface area contributed by atoms with E-state index in [4.69, 9.17) is 22.1 Å². The molecule has 0 aliphatic carbocycles. The van der Waals surface area contributed by atoms with Gasteiger partial charge in [-0.1, -0.05) is 27.5 Å². The zero-order valence-electron chi connectivity index (χ0n) is 9.08. The van der Waals surface area contributed by atoms with Crippen LogP contribution >= 0.6 is 27.5 Å². The predicted octanol–water partition coefficient (Wildman–Crippen LogP) is 4.18. The molecule has 0 fully saturated rings. The van der Waals surface area contributed by atoms with Crippen molar-refractivity contribution in [2.24, 2.45) is 0 Å². The first-order valence-electron chi connectivity index (χ1n) is 4.91. The summed E-state index contributed by atoms with van der Waals surface area (Å²) >= 11 is 9.37. The second kappa shape index (κ2) is 4.94. The molecule has 0 atom stereocenters. The first-order valence-corrected chi connectivity index (χ1v) is 6.08. The maximum absolute atomic E-state index is 6.04. The summed E-state index contributed by atoms with van der Waals surface area (Å²) in [6, 6.07) is 7.17. The molecular formula is C12H10BrClN2O. The van der Waals surface area contributed by atoms with Gasteiger partial charge >= 0.3 is 0 Å². The van der Waals surface area contributed by atoms with Gasteiger partial charge < -0.3 is 10.5 Å². The normalized spacial score (nSPS) is 10.3. The van der Waals surface area contributed by atoms with Gasteiger partial charge in [0.15, 0.2) is 0 Å². The maximum Gasteiger partial charge on any atom is 0.219 e. The molecule has 0 radical (unpaired) electrons. The third-order valence-electron chi connectivity index (χ3n) is 2.23. The van der Waals surface area contributed by atoms with Crippen LogP contribution < -0.4 is 10.5 Å². The number of pyridine rings is 1. The predicted molar refractivity (Wildman–Crippen MR) is 72.6 cm³/mol. The number of ether oxygens (including phenoxy) is 1. The molecule has 0 unspecified atom stereocenters. The second-order valence-electron chi connectivity index (χ2n) is 3.56. The van der Waals surface area contributed by atoms with Crippen molar-refractivity contribution in [3.63, 3.8) is 0 Å². The first-order chi connectivity index (χ1) is 8.06. The third-order valence-corrected chi connectivity index (χ3v) is 3.02. The van der Waals surface area contributed by atoms with E-state index in [1.54, 1.807) is 24.4 Å². The molecule has 0 aliphatic rings. The van der Waals surface area contributed by atoms with Crippen LogP contribution in [-0.4, -0.2) is 4.98 Å². The molecule has 1 heterocycles. The fraction of sp³-hybridized carbons (Fsp3) is 0.0833. The smallest absolute Gasteiger partial charge is 0.219 e. The van der Waals surface area contributed by atoms with Crippen molar-refractivity contribution in [1.82, 2.24) is 4.98 Å². The van der Waals surface area contributed by atoms with Crippen LogP contribution in [0.4, 0.5) is 5.69 Å². The molecule has 0 bridgehead atoms. The van der Waals surface area contributed by atoms with E-state index >= 15 is 0 Å². The Balaban J connectivity index is 2.28. The third kappa shape index (κ3) is 2.90. The highest BCUT2D eigenvalue weighted by atomic mass is 79.9. The molecule has 1 aromatic carbocycles. The van der Waals surface area contributed by atoms with E-state index in [2.05, 4.69) is 20.9 Å². The van der Waals surface area contributed by atoms with Crippen molar-refractivity contribution in [2.75, 3.05) is 5.73 Å². The van der Waals surface area contributed by atoms with E-state index in [-0.39, 0.29) is 0 Å². The van der Waals surface area contributed by atoms with Gasteiger partial charge in [0.25, 0.3) is 0 Å². The highest BCUT2D eigenvalue weighted by molar-refractivity contribution is 9.10. The fourth-order valence-electron chi connectivity index (χ4n) is 1.27.